The molecule has 0 saturated heterocycles. The summed E-state index contributed by atoms with van der Waals surface area (Å²) in [5.41, 5.74) is 0. The average molecular weight is 189 g/mol. The molecule has 13 heavy (non-hydrogen) atoms. The molecule has 0 atom stereocenters. The number of ether oxygens (including phenoxy) is 1. The van der Waals surface area contributed by atoms with Crippen molar-refractivity contribution in [1.82, 2.24) is 5.32 Å². The third-order valence-electron chi connectivity index (χ3n) is 1.57. The molecule has 0 aliphatic rings. The van der Waals surface area contributed by atoms with E-state index in [4.69, 9.17) is 9.84 Å². The highest BCUT2D eigenvalue weighted by Gasteiger charge is 1.99. The molecule has 0 aromatic rings. The van der Waals surface area contributed by atoms with Crippen LogP contribution in [0.5, 0.6) is 0 Å². The lowest BCUT2D eigenvalue weighted by molar-refractivity contribution is -0.142. The molecule has 0 heterocycles. The zero-order chi connectivity index (χ0) is 9.94. The predicted octanol–water partition coefficient (Wildman–Crippen LogP) is 0.302. The van der Waals surface area contributed by atoms with Crippen LogP contribution in [0.25, 0.3) is 0 Å². The summed E-state index contributed by atoms with van der Waals surface area (Å²) in [6.07, 6.45) is 2.18. The Labute approximate surface area is 79.3 Å². The maximum absolute atomic E-state index is 10.8. The van der Waals surface area contributed by atoms with Crippen molar-refractivity contribution in [3.63, 3.8) is 0 Å². The number of unbranched alkanes of at least 4 members (excludes halogenated alkanes) is 1. The maximum Gasteiger partial charge on any atom is 0.307 e. The number of carbonyl (C=O) groups is 1. The summed E-state index contributed by atoms with van der Waals surface area (Å²) in [7, 11) is 0. The molecule has 0 spiro atoms. The van der Waals surface area contributed by atoms with Gasteiger partial charge >= 0.3 is 5.97 Å². The Morgan fingerprint density at radius 1 is 1.38 bits per heavy atom. The van der Waals surface area contributed by atoms with Crippen molar-refractivity contribution >= 4 is 5.97 Å². The largest absolute Gasteiger partial charge is 0.466 e. The van der Waals surface area contributed by atoms with E-state index in [1.807, 2.05) is 0 Å². The van der Waals surface area contributed by atoms with Crippen LogP contribution in [0.2, 0.25) is 0 Å². The quantitative estimate of drug-likeness (QED) is 0.426. The molecule has 0 unspecified atom stereocenters. The zero-order valence-corrected chi connectivity index (χ0v) is 8.21. The molecule has 0 rings (SSSR count). The minimum absolute atomic E-state index is 0.155. The first-order chi connectivity index (χ1) is 6.31. The van der Waals surface area contributed by atoms with E-state index in [0.29, 0.717) is 19.6 Å². The molecule has 0 radical (unpaired) electrons. The average Bonchev–Trinajstić information content (AvgIpc) is 2.11. The number of esters is 1. The van der Waals surface area contributed by atoms with Gasteiger partial charge in [0, 0.05) is 13.2 Å². The first-order valence-electron chi connectivity index (χ1n) is 4.78. The van der Waals surface area contributed by atoms with Crippen LogP contribution in [0, 0.1) is 0 Å². The molecule has 0 aromatic carbocycles. The van der Waals surface area contributed by atoms with Crippen molar-refractivity contribution in [2.45, 2.75) is 26.2 Å². The molecular formula is C9H19NO3. The minimum Gasteiger partial charge on any atom is -0.466 e. The molecule has 0 fully saturated rings. The third-order valence-corrected chi connectivity index (χ3v) is 1.57. The number of hydrogen-bond acceptors (Lipinski definition) is 4. The Bertz CT molecular complexity index is 128. The van der Waals surface area contributed by atoms with Crippen molar-refractivity contribution in [3.8, 4) is 0 Å². The van der Waals surface area contributed by atoms with Gasteiger partial charge in [-0.15, -0.1) is 0 Å². The molecular weight excluding hydrogens is 170 g/mol. The molecule has 0 saturated carbocycles. The number of aliphatic hydroxyl groups is 1. The zero-order valence-electron chi connectivity index (χ0n) is 8.21. The third kappa shape index (κ3) is 9.30. The molecule has 0 bridgehead atoms. The van der Waals surface area contributed by atoms with Gasteiger partial charge in [-0.05, 0) is 26.3 Å². The molecule has 4 nitrogen and oxygen atoms in total. The van der Waals surface area contributed by atoms with E-state index in [9.17, 15) is 4.79 Å². The summed E-state index contributed by atoms with van der Waals surface area (Å²) in [4.78, 5) is 10.8. The van der Waals surface area contributed by atoms with Crippen molar-refractivity contribution in [1.29, 1.82) is 0 Å². The second-order valence-corrected chi connectivity index (χ2v) is 2.74. The van der Waals surface area contributed by atoms with Gasteiger partial charge in [-0.25, -0.2) is 0 Å². The minimum atomic E-state index is -0.155. The van der Waals surface area contributed by atoms with Crippen LogP contribution >= 0.6 is 0 Å². The van der Waals surface area contributed by atoms with E-state index in [1.54, 1.807) is 6.92 Å². The number of carbonyl (C=O) groups excluding carboxylic acids is 1. The first-order valence-corrected chi connectivity index (χ1v) is 4.78. The molecule has 0 amide bonds. The van der Waals surface area contributed by atoms with E-state index in [1.165, 1.54) is 0 Å². The second-order valence-electron chi connectivity index (χ2n) is 2.74. The van der Waals surface area contributed by atoms with Crippen molar-refractivity contribution in [3.05, 3.63) is 0 Å². The van der Waals surface area contributed by atoms with Crippen LogP contribution in [-0.4, -0.2) is 37.4 Å². The van der Waals surface area contributed by atoms with Gasteiger partial charge in [0.15, 0.2) is 0 Å². The van der Waals surface area contributed by atoms with Crippen molar-refractivity contribution in [2.75, 3.05) is 26.3 Å². The molecule has 78 valence electrons. The van der Waals surface area contributed by atoms with E-state index < -0.39 is 0 Å². The number of hydrogen-bond donors (Lipinski definition) is 2. The van der Waals surface area contributed by atoms with Gasteiger partial charge in [-0.1, -0.05) is 0 Å². The fraction of sp³-hybridized carbons (Fsp3) is 0.889. The van der Waals surface area contributed by atoms with Crippen LogP contribution in [0.4, 0.5) is 0 Å². The normalized spacial score (nSPS) is 10.0. The number of rotatable bonds is 8. The summed E-state index contributed by atoms with van der Waals surface area (Å²) >= 11 is 0. The van der Waals surface area contributed by atoms with E-state index in [-0.39, 0.29) is 12.6 Å². The first kappa shape index (κ1) is 12.4. The smallest absolute Gasteiger partial charge is 0.307 e. The predicted molar refractivity (Wildman–Crippen MR) is 50.4 cm³/mol. The lowest BCUT2D eigenvalue weighted by atomic mass is 10.3. The lowest BCUT2D eigenvalue weighted by Gasteiger charge is -2.03. The van der Waals surface area contributed by atoms with Crippen LogP contribution in [0.15, 0.2) is 0 Å². The van der Waals surface area contributed by atoms with E-state index in [2.05, 4.69) is 5.32 Å². The van der Waals surface area contributed by atoms with Gasteiger partial charge in [-0.2, -0.15) is 0 Å². The Kier molecular flexibility index (Phi) is 9.03. The van der Waals surface area contributed by atoms with Gasteiger partial charge < -0.3 is 15.2 Å². The van der Waals surface area contributed by atoms with Gasteiger partial charge in [0.2, 0.25) is 0 Å². The fourth-order valence-electron chi connectivity index (χ4n) is 0.910. The Balaban J connectivity index is 3.02. The molecule has 0 aromatic heterocycles. The Morgan fingerprint density at radius 2 is 2.15 bits per heavy atom. The Hall–Kier alpha value is -0.610. The number of nitrogens with one attached hydrogen (secondary N) is 1. The monoisotopic (exact) mass is 189 g/mol. The van der Waals surface area contributed by atoms with Crippen molar-refractivity contribution in [2.24, 2.45) is 0 Å². The Morgan fingerprint density at radius 3 is 2.77 bits per heavy atom. The van der Waals surface area contributed by atoms with Crippen LogP contribution in [0.3, 0.4) is 0 Å². The summed E-state index contributed by atoms with van der Waals surface area (Å²) in [6.45, 7) is 3.99. The summed E-state index contributed by atoms with van der Waals surface area (Å²) in [5.74, 6) is -0.155. The highest BCUT2D eigenvalue weighted by atomic mass is 16.5. The van der Waals surface area contributed by atoms with E-state index in [0.717, 1.165) is 19.4 Å². The van der Waals surface area contributed by atoms with Crippen LogP contribution in [0.1, 0.15) is 26.2 Å². The summed E-state index contributed by atoms with van der Waals surface area (Å²) < 4.78 is 4.75. The molecule has 4 heteroatoms. The standard InChI is InChI=1S/C9H19NO3/c1-2-13-9(12)5-7-10-6-3-4-8-11/h10-11H,2-8H2,1H3. The SMILES string of the molecule is CCOC(=O)CCNCCCCO. The van der Waals surface area contributed by atoms with Gasteiger partial charge in [0.25, 0.3) is 0 Å². The summed E-state index contributed by atoms with van der Waals surface area (Å²) in [6, 6.07) is 0. The molecule has 2 N–H and O–H groups in total. The maximum atomic E-state index is 10.8. The lowest BCUT2D eigenvalue weighted by Crippen LogP contribution is -2.20. The second kappa shape index (κ2) is 9.48. The van der Waals surface area contributed by atoms with E-state index >= 15 is 0 Å². The van der Waals surface area contributed by atoms with Gasteiger partial charge in [0.05, 0.1) is 13.0 Å². The highest BCUT2D eigenvalue weighted by molar-refractivity contribution is 5.69. The topological polar surface area (TPSA) is 58.6 Å². The van der Waals surface area contributed by atoms with Crippen LogP contribution < -0.4 is 5.32 Å². The van der Waals surface area contributed by atoms with Gasteiger partial charge in [-0.3, -0.25) is 4.79 Å². The number of aliphatic hydroxyl groups excluding tert-OH is 1. The summed E-state index contributed by atoms with van der Waals surface area (Å²) in [5, 5.41) is 11.6. The molecule has 0 aliphatic carbocycles. The molecule has 0 aliphatic heterocycles. The van der Waals surface area contributed by atoms with Crippen molar-refractivity contribution < 1.29 is 14.6 Å². The highest BCUT2D eigenvalue weighted by Crippen LogP contribution is 1.86. The van der Waals surface area contributed by atoms with Gasteiger partial charge in [0.1, 0.15) is 0 Å². The fourth-order valence-corrected chi connectivity index (χ4v) is 0.910. The van der Waals surface area contributed by atoms with Crippen LogP contribution in [-0.2, 0) is 9.53 Å².